The Balaban J connectivity index is 1.47. The zero-order valence-corrected chi connectivity index (χ0v) is 20.7. The molecule has 0 aliphatic rings. The Kier molecular flexibility index (Phi) is 7.32. The maximum atomic E-state index is 12.8. The number of nitrogens with zero attached hydrogens (tertiary/aromatic N) is 3. The maximum absolute atomic E-state index is 12.8. The lowest BCUT2D eigenvalue weighted by Gasteiger charge is -2.13. The van der Waals surface area contributed by atoms with Gasteiger partial charge in [0.1, 0.15) is 4.88 Å². The Hall–Kier alpha value is -2.17. The van der Waals surface area contributed by atoms with Crippen LogP contribution in [0.1, 0.15) is 28.0 Å². The molecule has 0 aliphatic heterocycles. The summed E-state index contributed by atoms with van der Waals surface area (Å²) in [5, 5.41) is 13.7. The number of carbonyl (C=O) groups is 1. The number of nitrogens with one attached hydrogen (secondary N) is 2. The fourth-order valence-electron chi connectivity index (χ4n) is 2.93. The number of benzene rings is 2. The summed E-state index contributed by atoms with van der Waals surface area (Å²) >= 11 is 20.6. The second kappa shape index (κ2) is 10.2. The number of thioether (sulfide) groups is 1. The Morgan fingerprint density at radius 2 is 1.97 bits per heavy atom. The van der Waals surface area contributed by atoms with E-state index in [1.807, 2.05) is 25.1 Å². The van der Waals surface area contributed by atoms with E-state index in [1.165, 1.54) is 28.7 Å². The molecule has 0 unspecified atom stereocenters. The van der Waals surface area contributed by atoms with Gasteiger partial charge in [-0.05, 0) is 29.9 Å². The largest absolute Gasteiger partial charge is 0.297 e. The molecule has 0 fully saturated rings. The van der Waals surface area contributed by atoms with Crippen LogP contribution in [0.2, 0.25) is 10.0 Å². The molecular formula is C21H17Cl2N5OS3. The van der Waals surface area contributed by atoms with Crippen LogP contribution < -0.4 is 10.7 Å². The third-order valence-corrected chi connectivity index (χ3v) is 7.55. The summed E-state index contributed by atoms with van der Waals surface area (Å²) in [5.74, 6) is 1.03. The van der Waals surface area contributed by atoms with Crippen molar-refractivity contribution in [1.29, 1.82) is 0 Å². The summed E-state index contributed by atoms with van der Waals surface area (Å²) in [6.07, 6.45) is 0.644. The number of aromatic nitrogens is 3. The molecule has 0 atom stereocenters. The van der Waals surface area contributed by atoms with Crippen molar-refractivity contribution in [3.8, 4) is 0 Å². The second-order valence-electron chi connectivity index (χ2n) is 6.64. The molecule has 0 radical (unpaired) electrons. The normalized spacial score (nSPS) is 11.0. The van der Waals surface area contributed by atoms with E-state index in [4.69, 9.17) is 35.4 Å². The molecule has 4 aromatic rings. The van der Waals surface area contributed by atoms with Gasteiger partial charge in [-0.3, -0.25) is 15.5 Å². The van der Waals surface area contributed by atoms with Crippen LogP contribution in [0.3, 0.4) is 0 Å². The van der Waals surface area contributed by atoms with Crippen molar-refractivity contribution in [1.82, 2.24) is 20.2 Å². The first kappa shape index (κ1) is 23.0. The smallest absolute Gasteiger partial charge is 0.269 e. The van der Waals surface area contributed by atoms with Gasteiger partial charge in [-0.2, -0.15) is 0 Å². The molecule has 0 spiro atoms. The lowest BCUT2D eigenvalue weighted by Crippen LogP contribution is -2.38. The molecule has 0 bridgehead atoms. The minimum Gasteiger partial charge on any atom is -0.297 e. The van der Waals surface area contributed by atoms with Gasteiger partial charge < -0.3 is 0 Å². The quantitative estimate of drug-likeness (QED) is 0.242. The topological polar surface area (TPSA) is 71.8 Å². The highest BCUT2D eigenvalue weighted by Crippen LogP contribution is 2.36. The van der Waals surface area contributed by atoms with Crippen LogP contribution in [0.5, 0.6) is 0 Å². The van der Waals surface area contributed by atoms with Gasteiger partial charge in [0.05, 0.1) is 5.02 Å². The van der Waals surface area contributed by atoms with E-state index in [2.05, 4.69) is 33.1 Å². The highest BCUT2D eigenvalue weighted by atomic mass is 35.5. The summed E-state index contributed by atoms with van der Waals surface area (Å²) in [5.41, 5.74) is 4.19. The van der Waals surface area contributed by atoms with E-state index in [9.17, 15) is 4.79 Å². The lowest BCUT2D eigenvalue weighted by molar-refractivity contribution is 0.0981. The second-order valence-corrected chi connectivity index (χ2v) is 9.86. The molecule has 0 saturated heterocycles. The fourth-order valence-corrected chi connectivity index (χ4v) is 5.67. The van der Waals surface area contributed by atoms with Gasteiger partial charge in [-0.15, -0.1) is 21.5 Å². The Bertz CT molecular complexity index is 1290. The molecule has 2 N–H and O–H groups in total. The molecule has 2 aromatic carbocycles. The number of aryl methyl sites for hydroxylation is 1. The van der Waals surface area contributed by atoms with Gasteiger partial charge in [0.15, 0.2) is 10.9 Å². The molecule has 11 heteroatoms. The summed E-state index contributed by atoms with van der Waals surface area (Å²) in [6, 6.07) is 15.4. The van der Waals surface area contributed by atoms with E-state index in [0.29, 0.717) is 32.3 Å². The summed E-state index contributed by atoms with van der Waals surface area (Å²) in [7, 11) is 0. The molecule has 164 valence electrons. The number of rotatable bonds is 6. The Morgan fingerprint density at radius 3 is 2.72 bits per heavy atom. The molecule has 1 amide bonds. The van der Waals surface area contributed by atoms with Crippen molar-refractivity contribution in [2.45, 2.75) is 24.3 Å². The number of halogens is 2. The van der Waals surface area contributed by atoms with Gasteiger partial charge >= 0.3 is 0 Å². The van der Waals surface area contributed by atoms with Crippen LogP contribution in [0.4, 0.5) is 0 Å². The van der Waals surface area contributed by atoms with Crippen LogP contribution in [0.15, 0.2) is 53.7 Å². The minimum atomic E-state index is -0.394. The lowest BCUT2D eigenvalue weighted by atomic mass is 10.2. The third-order valence-electron chi connectivity index (χ3n) is 4.47. The van der Waals surface area contributed by atoms with Gasteiger partial charge in [-0.1, -0.05) is 78.3 Å². The predicted octanol–water partition coefficient (Wildman–Crippen LogP) is 5.91. The molecular weight excluding hydrogens is 505 g/mol. The van der Waals surface area contributed by atoms with Crippen LogP contribution in [-0.2, 0) is 12.2 Å². The van der Waals surface area contributed by atoms with Crippen molar-refractivity contribution in [3.63, 3.8) is 0 Å². The van der Waals surface area contributed by atoms with Gasteiger partial charge in [0.2, 0.25) is 5.16 Å². The minimum absolute atomic E-state index is 0.123. The number of thiocarbonyl (C=S) groups is 1. The number of amides is 1. The van der Waals surface area contributed by atoms with Crippen LogP contribution >= 0.6 is 58.5 Å². The molecule has 2 heterocycles. The molecule has 6 nitrogen and oxygen atoms in total. The summed E-state index contributed by atoms with van der Waals surface area (Å²) < 4.78 is 2.53. The summed E-state index contributed by atoms with van der Waals surface area (Å²) in [6.45, 7) is 1.97. The number of hydrogen-bond acceptors (Lipinski definition) is 6. The highest BCUT2D eigenvalue weighted by molar-refractivity contribution is 7.98. The molecule has 2 aromatic heterocycles. The number of carbonyl (C=O) groups excluding carboxylic acids is 1. The zero-order valence-electron chi connectivity index (χ0n) is 16.8. The maximum Gasteiger partial charge on any atom is 0.269 e. The fraction of sp³-hybridized carbons (Fsp3) is 0.143. The van der Waals surface area contributed by atoms with Gasteiger partial charge in [-0.25, -0.2) is 4.68 Å². The molecule has 0 saturated carbocycles. The molecule has 32 heavy (non-hydrogen) atoms. The predicted molar refractivity (Wildman–Crippen MR) is 137 cm³/mol. The first-order chi connectivity index (χ1) is 15.5. The SMILES string of the molecule is CCc1nnc(SCc2ccccc2)n1NC(=S)NC(=O)c1sc2cc(Cl)ccc2c1Cl. The number of hydrogen-bond donors (Lipinski definition) is 2. The van der Waals surface area contributed by atoms with Crippen molar-refractivity contribution < 1.29 is 4.79 Å². The third kappa shape index (κ3) is 5.07. The Labute approximate surface area is 208 Å². The first-order valence-corrected chi connectivity index (χ1v) is 12.5. The molecule has 4 rings (SSSR count). The van der Waals surface area contributed by atoms with Crippen LogP contribution in [0, 0.1) is 0 Å². The standard InChI is InChI=1S/C21H17Cl2N5OS3/c1-2-16-25-26-21(31-11-12-6-4-3-5-7-12)28(16)27-20(30)24-19(29)18-17(23)14-9-8-13(22)10-15(14)32-18/h3-10H,2,11H2,1H3,(H2,24,27,29,30). The number of fused-ring (bicyclic) bond motifs is 1. The summed E-state index contributed by atoms with van der Waals surface area (Å²) in [4.78, 5) is 13.2. The monoisotopic (exact) mass is 521 g/mol. The van der Waals surface area contributed by atoms with Crippen LogP contribution in [-0.4, -0.2) is 25.9 Å². The average Bonchev–Trinajstić information content (AvgIpc) is 3.32. The first-order valence-electron chi connectivity index (χ1n) is 9.57. The highest BCUT2D eigenvalue weighted by Gasteiger charge is 2.19. The van der Waals surface area contributed by atoms with Crippen LogP contribution in [0.25, 0.3) is 10.1 Å². The zero-order chi connectivity index (χ0) is 22.7. The van der Waals surface area contributed by atoms with Crippen molar-refractivity contribution in [2.24, 2.45) is 0 Å². The van der Waals surface area contributed by atoms with E-state index < -0.39 is 5.91 Å². The molecule has 0 aliphatic carbocycles. The van der Waals surface area contributed by atoms with Gasteiger partial charge in [0, 0.05) is 27.3 Å². The van der Waals surface area contributed by atoms with E-state index in [1.54, 1.807) is 22.9 Å². The Morgan fingerprint density at radius 1 is 1.19 bits per heavy atom. The average molecular weight is 523 g/mol. The van der Waals surface area contributed by atoms with Crippen molar-refractivity contribution >= 4 is 79.6 Å². The van der Waals surface area contributed by atoms with Gasteiger partial charge in [0.25, 0.3) is 5.91 Å². The van der Waals surface area contributed by atoms with E-state index >= 15 is 0 Å². The van der Waals surface area contributed by atoms with Crippen molar-refractivity contribution in [3.05, 3.63) is 74.8 Å². The number of thiophene rings is 1. The van der Waals surface area contributed by atoms with E-state index in [-0.39, 0.29) is 5.11 Å². The van der Waals surface area contributed by atoms with E-state index in [0.717, 1.165) is 15.8 Å². The van der Waals surface area contributed by atoms with Crippen molar-refractivity contribution in [2.75, 3.05) is 5.43 Å².